The maximum Gasteiger partial charge on any atom is 0.0378 e. The number of rotatable bonds is 5. The monoisotopic (exact) mass is 342 g/mol. The molecule has 1 atom stereocenters. The zero-order valence-corrected chi connectivity index (χ0v) is 15.1. The van der Waals surface area contributed by atoms with E-state index in [1.54, 1.807) is 0 Å². The van der Waals surface area contributed by atoms with Gasteiger partial charge >= 0.3 is 0 Å². The maximum atomic E-state index is 6.43. The standard InChI is InChI=1S/C24H26N2/c25-22-15-7-13-21-14-8-16-23(24(21)22)26(17-19-9-3-1-4-10-19)18-20-11-5-2-6-12-20/h1-7,9-13,15,23H,8,14,16-18,25H2. The third-order valence-electron chi connectivity index (χ3n) is 5.38. The first-order valence-corrected chi connectivity index (χ1v) is 9.50. The molecule has 0 amide bonds. The van der Waals surface area contributed by atoms with E-state index < -0.39 is 0 Å². The number of nitrogens with two attached hydrogens (primary N) is 1. The molecule has 3 aromatic rings. The molecule has 1 aliphatic rings. The molecular formula is C24H26N2. The minimum Gasteiger partial charge on any atom is -0.398 e. The number of nitrogens with zero attached hydrogens (tertiary/aromatic N) is 1. The molecule has 2 heteroatoms. The van der Waals surface area contributed by atoms with Gasteiger partial charge in [-0.25, -0.2) is 0 Å². The minimum absolute atomic E-state index is 0.375. The zero-order chi connectivity index (χ0) is 17.8. The van der Waals surface area contributed by atoms with Crippen LogP contribution in [0.25, 0.3) is 0 Å². The first-order chi connectivity index (χ1) is 12.8. The quantitative estimate of drug-likeness (QED) is 0.633. The van der Waals surface area contributed by atoms with Gasteiger partial charge in [0, 0.05) is 24.8 Å². The number of nitrogen functional groups attached to an aromatic ring is 1. The molecule has 2 N–H and O–H groups in total. The summed E-state index contributed by atoms with van der Waals surface area (Å²) >= 11 is 0. The fourth-order valence-corrected chi connectivity index (χ4v) is 4.16. The summed E-state index contributed by atoms with van der Waals surface area (Å²) in [4.78, 5) is 2.60. The van der Waals surface area contributed by atoms with Crippen LogP contribution in [0.1, 0.15) is 41.1 Å². The van der Waals surface area contributed by atoms with E-state index in [9.17, 15) is 0 Å². The molecule has 0 radical (unpaired) electrons. The number of anilines is 1. The summed E-state index contributed by atoms with van der Waals surface area (Å²) in [6, 6.07) is 28.3. The molecule has 26 heavy (non-hydrogen) atoms. The third kappa shape index (κ3) is 3.66. The average Bonchev–Trinajstić information content (AvgIpc) is 2.69. The molecular weight excluding hydrogens is 316 g/mol. The Morgan fingerprint density at radius 3 is 2.00 bits per heavy atom. The number of hydrogen-bond donors (Lipinski definition) is 1. The predicted octanol–water partition coefficient (Wildman–Crippen LogP) is 5.35. The number of benzene rings is 3. The lowest BCUT2D eigenvalue weighted by Gasteiger charge is -2.37. The van der Waals surface area contributed by atoms with Crippen molar-refractivity contribution in [1.29, 1.82) is 0 Å². The first-order valence-electron chi connectivity index (χ1n) is 9.50. The van der Waals surface area contributed by atoms with Gasteiger partial charge < -0.3 is 5.73 Å². The van der Waals surface area contributed by atoms with Gasteiger partial charge in [0.15, 0.2) is 0 Å². The summed E-state index contributed by atoms with van der Waals surface area (Å²) in [5.74, 6) is 0. The van der Waals surface area contributed by atoms with Gasteiger partial charge in [0.25, 0.3) is 0 Å². The topological polar surface area (TPSA) is 29.3 Å². The Hall–Kier alpha value is -2.58. The van der Waals surface area contributed by atoms with Gasteiger partial charge in [0.05, 0.1) is 0 Å². The van der Waals surface area contributed by atoms with Crippen LogP contribution in [0.15, 0.2) is 78.9 Å². The molecule has 0 saturated heterocycles. The molecule has 0 aliphatic heterocycles. The average molecular weight is 342 g/mol. The van der Waals surface area contributed by atoms with Gasteiger partial charge in [0.2, 0.25) is 0 Å². The maximum absolute atomic E-state index is 6.43. The van der Waals surface area contributed by atoms with E-state index in [-0.39, 0.29) is 0 Å². The largest absolute Gasteiger partial charge is 0.398 e. The van der Waals surface area contributed by atoms with Crippen molar-refractivity contribution >= 4 is 5.69 Å². The number of hydrogen-bond acceptors (Lipinski definition) is 2. The fraction of sp³-hybridized carbons (Fsp3) is 0.250. The van der Waals surface area contributed by atoms with Crippen LogP contribution in [0.2, 0.25) is 0 Å². The van der Waals surface area contributed by atoms with Crippen LogP contribution in [0.4, 0.5) is 5.69 Å². The molecule has 3 aromatic carbocycles. The van der Waals surface area contributed by atoms with Crippen LogP contribution in [-0.4, -0.2) is 4.90 Å². The minimum atomic E-state index is 0.375. The Kier molecular flexibility index (Phi) is 5.03. The van der Waals surface area contributed by atoms with Gasteiger partial charge in [-0.3, -0.25) is 4.90 Å². The van der Waals surface area contributed by atoms with E-state index in [1.165, 1.54) is 35.1 Å². The molecule has 0 spiro atoms. The molecule has 2 nitrogen and oxygen atoms in total. The van der Waals surface area contributed by atoms with Crippen molar-refractivity contribution in [3.8, 4) is 0 Å². The first kappa shape index (κ1) is 16.9. The summed E-state index contributed by atoms with van der Waals surface area (Å²) in [6.07, 6.45) is 3.53. The number of aryl methyl sites for hydroxylation is 1. The molecule has 1 unspecified atom stereocenters. The highest BCUT2D eigenvalue weighted by Crippen LogP contribution is 2.39. The zero-order valence-electron chi connectivity index (χ0n) is 15.1. The lowest BCUT2D eigenvalue weighted by atomic mass is 9.85. The van der Waals surface area contributed by atoms with Crippen LogP contribution in [0.3, 0.4) is 0 Å². The Morgan fingerprint density at radius 1 is 0.769 bits per heavy atom. The van der Waals surface area contributed by atoms with Gasteiger partial charge in [-0.05, 0) is 47.6 Å². The predicted molar refractivity (Wildman–Crippen MR) is 109 cm³/mol. The molecule has 132 valence electrons. The van der Waals surface area contributed by atoms with Crippen LogP contribution in [0.5, 0.6) is 0 Å². The van der Waals surface area contributed by atoms with E-state index in [0.29, 0.717) is 6.04 Å². The Morgan fingerprint density at radius 2 is 1.38 bits per heavy atom. The lowest BCUT2D eigenvalue weighted by molar-refractivity contribution is 0.161. The molecule has 0 fully saturated rings. The van der Waals surface area contributed by atoms with Crippen molar-refractivity contribution in [3.05, 3.63) is 101 Å². The van der Waals surface area contributed by atoms with E-state index in [4.69, 9.17) is 5.73 Å². The Balaban J connectivity index is 1.69. The highest BCUT2D eigenvalue weighted by Gasteiger charge is 2.27. The second-order valence-electron chi connectivity index (χ2n) is 7.20. The Labute approximate surface area is 156 Å². The van der Waals surface area contributed by atoms with Crippen molar-refractivity contribution < 1.29 is 0 Å². The highest BCUT2D eigenvalue weighted by atomic mass is 15.2. The van der Waals surface area contributed by atoms with Crippen molar-refractivity contribution in [3.63, 3.8) is 0 Å². The summed E-state index contributed by atoms with van der Waals surface area (Å²) < 4.78 is 0. The van der Waals surface area contributed by atoms with Gasteiger partial charge in [0.1, 0.15) is 0 Å². The molecule has 0 heterocycles. The lowest BCUT2D eigenvalue weighted by Crippen LogP contribution is -2.31. The van der Waals surface area contributed by atoms with E-state index in [1.807, 2.05) is 0 Å². The SMILES string of the molecule is Nc1cccc2c1C(N(Cc1ccccc1)Cc1ccccc1)CCC2. The van der Waals surface area contributed by atoms with Gasteiger partial charge in [-0.1, -0.05) is 72.8 Å². The van der Waals surface area contributed by atoms with Gasteiger partial charge in [-0.2, -0.15) is 0 Å². The Bertz CT molecular complexity index is 801. The summed E-state index contributed by atoms with van der Waals surface area (Å²) in [5.41, 5.74) is 12.9. The molecule has 0 bridgehead atoms. The molecule has 0 aromatic heterocycles. The van der Waals surface area contributed by atoms with E-state index in [0.717, 1.165) is 25.2 Å². The molecule has 4 rings (SSSR count). The van der Waals surface area contributed by atoms with E-state index in [2.05, 4.69) is 83.8 Å². The van der Waals surface area contributed by atoms with Crippen molar-refractivity contribution in [2.24, 2.45) is 0 Å². The van der Waals surface area contributed by atoms with Crippen LogP contribution < -0.4 is 5.73 Å². The summed E-state index contributed by atoms with van der Waals surface area (Å²) in [6.45, 7) is 1.88. The van der Waals surface area contributed by atoms with E-state index >= 15 is 0 Å². The molecule has 1 aliphatic carbocycles. The second kappa shape index (κ2) is 7.76. The van der Waals surface area contributed by atoms with Crippen LogP contribution in [0, 0.1) is 0 Å². The third-order valence-corrected chi connectivity index (χ3v) is 5.38. The fourth-order valence-electron chi connectivity index (χ4n) is 4.16. The second-order valence-corrected chi connectivity index (χ2v) is 7.20. The summed E-state index contributed by atoms with van der Waals surface area (Å²) in [5, 5.41) is 0. The smallest absolute Gasteiger partial charge is 0.0378 e. The van der Waals surface area contributed by atoms with Crippen LogP contribution >= 0.6 is 0 Å². The van der Waals surface area contributed by atoms with Crippen molar-refractivity contribution in [2.75, 3.05) is 5.73 Å². The molecule has 0 saturated carbocycles. The van der Waals surface area contributed by atoms with Crippen LogP contribution in [-0.2, 0) is 19.5 Å². The normalized spacial score (nSPS) is 16.4. The highest BCUT2D eigenvalue weighted by molar-refractivity contribution is 5.53. The van der Waals surface area contributed by atoms with Crippen molar-refractivity contribution in [1.82, 2.24) is 4.90 Å². The van der Waals surface area contributed by atoms with Gasteiger partial charge in [-0.15, -0.1) is 0 Å². The number of fused-ring (bicyclic) bond motifs is 1. The van der Waals surface area contributed by atoms with Crippen molar-refractivity contribution in [2.45, 2.75) is 38.4 Å². The summed E-state index contributed by atoms with van der Waals surface area (Å²) in [7, 11) is 0.